The summed E-state index contributed by atoms with van der Waals surface area (Å²) in [5, 5.41) is 13.4. The topological polar surface area (TPSA) is 106 Å². The van der Waals surface area contributed by atoms with E-state index >= 15 is 0 Å². The van der Waals surface area contributed by atoms with Crippen molar-refractivity contribution < 1.29 is 22.7 Å². The number of hydrogen-bond acceptors (Lipinski definition) is 9. The number of anilines is 1. The molecule has 3 aliphatic heterocycles. The van der Waals surface area contributed by atoms with Crippen LogP contribution in [0, 0.1) is 31.4 Å². The molecule has 7 heterocycles. The highest BCUT2D eigenvalue weighted by molar-refractivity contribution is 7.23. The van der Waals surface area contributed by atoms with Gasteiger partial charge in [-0.3, -0.25) is 9.78 Å². The largest absolute Gasteiger partial charge is 0.493 e. The van der Waals surface area contributed by atoms with Crippen LogP contribution >= 0.6 is 11.3 Å². The van der Waals surface area contributed by atoms with Crippen LogP contribution in [-0.4, -0.2) is 44.6 Å². The summed E-state index contributed by atoms with van der Waals surface area (Å²) in [5.74, 6) is 1.61. The number of aromatic nitrogens is 4. The number of pyridine rings is 2. The minimum absolute atomic E-state index is 0.00563. The molecule has 6 aromatic rings. The summed E-state index contributed by atoms with van der Waals surface area (Å²) in [6.07, 6.45) is 4.43. The van der Waals surface area contributed by atoms with E-state index in [-0.39, 0.29) is 23.6 Å². The zero-order valence-electron chi connectivity index (χ0n) is 28.8. The molecule has 1 amide bonds. The number of fused-ring (bicyclic) bond motifs is 3. The minimum atomic E-state index is -0.391. The van der Waals surface area contributed by atoms with Crippen molar-refractivity contribution >= 4 is 33.1 Å². The maximum Gasteiger partial charge on any atom is 0.257 e. The molecule has 4 aromatic heterocycles. The van der Waals surface area contributed by atoms with E-state index in [2.05, 4.69) is 27.6 Å². The molecule has 1 atom stereocenters. The van der Waals surface area contributed by atoms with Crippen molar-refractivity contribution in [3.63, 3.8) is 0 Å². The Balaban J connectivity index is 1.15. The van der Waals surface area contributed by atoms with E-state index in [1.165, 1.54) is 25.3 Å². The van der Waals surface area contributed by atoms with E-state index in [0.29, 0.717) is 53.8 Å². The minimum Gasteiger partial charge on any atom is -0.493 e. The average Bonchev–Trinajstić information content (AvgIpc) is 3.96. The van der Waals surface area contributed by atoms with Crippen LogP contribution in [-0.2, 0) is 24.8 Å². The Bertz CT molecular complexity index is 2470. The van der Waals surface area contributed by atoms with Crippen LogP contribution in [0.15, 0.2) is 52.9 Å². The van der Waals surface area contributed by atoms with Crippen molar-refractivity contribution in [2.45, 2.75) is 64.0 Å². The van der Waals surface area contributed by atoms with Gasteiger partial charge in [-0.2, -0.15) is 0 Å². The molecule has 2 bridgehead atoms. The van der Waals surface area contributed by atoms with Crippen molar-refractivity contribution in [1.29, 1.82) is 0 Å². The summed E-state index contributed by atoms with van der Waals surface area (Å²) < 4.78 is 40.9. The summed E-state index contributed by atoms with van der Waals surface area (Å²) >= 11 is 1.57. The van der Waals surface area contributed by atoms with E-state index in [9.17, 15) is 13.6 Å². The number of hydrogen-bond donors (Lipinski definition) is 1. The van der Waals surface area contributed by atoms with Crippen molar-refractivity contribution in [3.05, 3.63) is 105 Å². The lowest BCUT2D eigenvalue weighted by Crippen LogP contribution is -2.40. The highest BCUT2D eigenvalue weighted by Gasteiger charge is 2.65. The Kier molecular flexibility index (Phi) is 6.90. The highest BCUT2D eigenvalue weighted by Crippen LogP contribution is 2.63. The molecule has 5 aliphatic rings. The van der Waals surface area contributed by atoms with Gasteiger partial charge in [0.05, 0.1) is 45.9 Å². The maximum atomic E-state index is 14.6. The smallest absolute Gasteiger partial charge is 0.257 e. The zero-order valence-corrected chi connectivity index (χ0v) is 29.7. The number of ether oxygens (including phenoxy) is 1. The summed E-state index contributed by atoms with van der Waals surface area (Å²) in [6, 6.07) is 13.9. The summed E-state index contributed by atoms with van der Waals surface area (Å²) in [7, 11) is 1.50. The lowest BCUT2D eigenvalue weighted by Gasteiger charge is -2.37. The SMILES string of the molecule is COc1c(F)ccc2c1CCC2Nc1nc(C)cc2cc(-c3c4c(nc(CCc5ccc(F)cc5)c3-c3nnc(C)o3)C35CC(CN3C4=O)C5)sc12. The van der Waals surface area contributed by atoms with E-state index in [1.54, 1.807) is 30.4 Å². The van der Waals surface area contributed by atoms with Gasteiger partial charge in [-0.05, 0) is 98.2 Å². The van der Waals surface area contributed by atoms with Gasteiger partial charge in [-0.25, -0.2) is 13.8 Å². The standard InChI is InChI=1S/C40H34F2N6O3S/c1-19-14-23-15-30(52-35(23)37(43-19)45-28-13-10-26-25(28)9-11-27(42)34(26)50-3)32-31(38-47-46-20(2)51-38)29(12-6-21-4-7-24(41)8-5-21)44-36-33(32)39(49)48-18-22-16-40(36,48)17-22/h4-5,7-9,11,14-15,22,28H,6,10,12-13,16-18H2,1-3H3,(H,43,45). The van der Waals surface area contributed by atoms with Crippen LogP contribution in [0.2, 0.25) is 0 Å². The van der Waals surface area contributed by atoms with Crippen LogP contribution in [0.1, 0.15) is 75.3 Å². The summed E-state index contributed by atoms with van der Waals surface area (Å²) in [4.78, 5) is 27.7. The molecule has 11 rings (SSSR count). The molecule has 52 heavy (non-hydrogen) atoms. The van der Waals surface area contributed by atoms with Crippen LogP contribution in [0.4, 0.5) is 14.6 Å². The molecule has 0 radical (unpaired) electrons. The number of benzene rings is 2. The van der Waals surface area contributed by atoms with Gasteiger partial charge in [-0.15, -0.1) is 21.5 Å². The Morgan fingerprint density at radius 3 is 2.62 bits per heavy atom. The second-order valence-electron chi connectivity index (χ2n) is 14.5. The van der Waals surface area contributed by atoms with Gasteiger partial charge < -0.3 is 19.4 Å². The van der Waals surface area contributed by atoms with Crippen LogP contribution < -0.4 is 10.1 Å². The molecular formula is C40H34F2N6O3S. The fraction of sp³-hybridized carbons (Fsp3) is 0.325. The molecule has 1 N–H and O–H groups in total. The first kappa shape index (κ1) is 31.5. The summed E-state index contributed by atoms with van der Waals surface area (Å²) in [6.45, 7) is 4.45. The summed E-state index contributed by atoms with van der Waals surface area (Å²) in [5.41, 5.74) is 6.96. The predicted octanol–water partition coefficient (Wildman–Crippen LogP) is 8.27. The van der Waals surface area contributed by atoms with Crippen molar-refractivity contribution in [2.24, 2.45) is 5.92 Å². The Labute approximate surface area is 302 Å². The normalized spacial score (nSPS) is 21.0. The maximum absolute atomic E-state index is 14.6. The van der Waals surface area contributed by atoms with Crippen LogP contribution in [0.25, 0.3) is 32.0 Å². The van der Waals surface area contributed by atoms with Gasteiger partial charge in [-0.1, -0.05) is 18.2 Å². The lowest BCUT2D eigenvalue weighted by molar-refractivity contribution is 0.0637. The number of nitrogens with one attached hydrogen (secondary N) is 1. The number of aryl methyl sites for hydroxylation is 4. The predicted molar refractivity (Wildman–Crippen MR) is 193 cm³/mol. The fourth-order valence-corrected chi connectivity index (χ4v) is 10.3. The third kappa shape index (κ3) is 4.59. The van der Waals surface area contributed by atoms with Gasteiger partial charge in [0.25, 0.3) is 5.91 Å². The molecule has 262 valence electrons. The van der Waals surface area contributed by atoms with Crippen molar-refractivity contribution in [3.8, 4) is 27.6 Å². The first-order valence-electron chi connectivity index (χ1n) is 17.7. The Morgan fingerprint density at radius 2 is 1.85 bits per heavy atom. The molecule has 12 heteroatoms. The Hall–Kier alpha value is -5.23. The number of rotatable bonds is 8. The lowest BCUT2D eigenvalue weighted by atomic mass is 9.71. The molecule has 1 spiro atoms. The van der Waals surface area contributed by atoms with Crippen LogP contribution in [0.5, 0.6) is 5.75 Å². The number of amides is 1. The van der Waals surface area contributed by atoms with E-state index in [4.69, 9.17) is 19.1 Å². The van der Waals surface area contributed by atoms with Gasteiger partial charge in [0.2, 0.25) is 11.8 Å². The van der Waals surface area contributed by atoms with E-state index < -0.39 is 5.54 Å². The molecular weight excluding hydrogens is 683 g/mol. The molecule has 2 saturated heterocycles. The highest BCUT2D eigenvalue weighted by atomic mass is 32.1. The van der Waals surface area contributed by atoms with Gasteiger partial charge >= 0.3 is 0 Å². The molecule has 9 nitrogen and oxygen atoms in total. The average molecular weight is 717 g/mol. The molecule has 2 aromatic carbocycles. The van der Waals surface area contributed by atoms with E-state index in [0.717, 1.165) is 85.9 Å². The third-order valence-electron chi connectivity index (χ3n) is 11.4. The molecule has 2 aliphatic carbocycles. The number of carbonyl (C=O) groups excluding carboxylic acids is 1. The fourth-order valence-electron chi connectivity index (χ4n) is 9.14. The first-order valence-corrected chi connectivity index (χ1v) is 18.5. The monoisotopic (exact) mass is 716 g/mol. The number of carbonyl (C=O) groups is 1. The second-order valence-corrected chi connectivity index (χ2v) is 15.6. The number of halogens is 2. The quantitative estimate of drug-likeness (QED) is 0.168. The molecule has 1 saturated carbocycles. The van der Waals surface area contributed by atoms with Gasteiger partial charge in [0.15, 0.2) is 11.6 Å². The van der Waals surface area contributed by atoms with Crippen molar-refractivity contribution in [1.82, 2.24) is 25.1 Å². The first-order chi connectivity index (χ1) is 25.2. The van der Waals surface area contributed by atoms with Gasteiger partial charge in [0, 0.05) is 35.2 Å². The molecule has 3 fully saturated rings. The number of methoxy groups -OCH3 is 1. The van der Waals surface area contributed by atoms with Crippen molar-refractivity contribution in [2.75, 3.05) is 19.0 Å². The third-order valence-corrected chi connectivity index (χ3v) is 12.6. The van der Waals surface area contributed by atoms with E-state index in [1.807, 2.05) is 17.9 Å². The number of nitrogens with zero attached hydrogens (tertiary/aromatic N) is 5. The van der Waals surface area contributed by atoms with Gasteiger partial charge in [0.1, 0.15) is 11.6 Å². The van der Waals surface area contributed by atoms with Crippen LogP contribution in [0.3, 0.4) is 0 Å². The zero-order chi connectivity index (χ0) is 35.5. The number of thiophene rings is 1. The second kappa shape index (κ2) is 11.4. The Morgan fingerprint density at radius 1 is 1.02 bits per heavy atom. The molecule has 1 unspecified atom stereocenters.